The van der Waals surface area contributed by atoms with E-state index >= 15 is 0 Å². The lowest BCUT2D eigenvalue weighted by molar-refractivity contribution is 0.298. The molecule has 4 nitrogen and oxygen atoms in total. The van der Waals surface area contributed by atoms with Crippen molar-refractivity contribution in [2.45, 2.75) is 25.3 Å². The maximum atomic E-state index is 12.2. The van der Waals surface area contributed by atoms with E-state index in [-0.39, 0.29) is 17.3 Å². The van der Waals surface area contributed by atoms with Crippen molar-refractivity contribution < 1.29 is 0 Å². The van der Waals surface area contributed by atoms with Gasteiger partial charge in [0, 0.05) is 11.1 Å². The molecule has 1 aromatic carbocycles. The number of hydrogen-bond acceptors (Lipinski definition) is 2. The molecule has 0 amide bonds. The maximum absolute atomic E-state index is 12.2. The Kier molecular flexibility index (Phi) is 2.33. The molecule has 17 heavy (non-hydrogen) atoms. The normalized spacial score (nSPS) is 16.1. The highest BCUT2D eigenvalue weighted by atomic mass is 35.5. The van der Waals surface area contributed by atoms with Gasteiger partial charge in [0.1, 0.15) is 0 Å². The summed E-state index contributed by atoms with van der Waals surface area (Å²) in [6.45, 7) is 0. The van der Waals surface area contributed by atoms with Crippen LogP contribution < -0.4 is 11.2 Å². The topological polar surface area (TPSA) is 54.9 Å². The van der Waals surface area contributed by atoms with E-state index in [0.717, 1.165) is 19.3 Å². The summed E-state index contributed by atoms with van der Waals surface area (Å²) in [6.07, 6.45) is 2.87. The predicted molar refractivity (Wildman–Crippen MR) is 66.7 cm³/mol. The van der Waals surface area contributed by atoms with E-state index in [9.17, 15) is 9.59 Å². The van der Waals surface area contributed by atoms with Gasteiger partial charge in [-0.15, -0.1) is 0 Å². The SMILES string of the molecule is O=c1[nH]c2ccc(Cl)cc2c(=O)n1C1CCC1. The number of halogens is 1. The van der Waals surface area contributed by atoms with Crippen LogP contribution in [0.15, 0.2) is 27.8 Å². The van der Waals surface area contributed by atoms with E-state index in [1.54, 1.807) is 18.2 Å². The summed E-state index contributed by atoms with van der Waals surface area (Å²) in [5.74, 6) is 0. The number of aromatic nitrogens is 2. The van der Waals surface area contributed by atoms with E-state index < -0.39 is 0 Å². The van der Waals surface area contributed by atoms with E-state index in [1.165, 1.54) is 4.57 Å². The zero-order chi connectivity index (χ0) is 12.0. The summed E-state index contributed by atoms with van der Waals surface area (Å²) in [4.78, 5) is 26.8. The number of nitrogens with one attached hydrogen (secondary N) is 1. The number of fused-ring (bicyclic) bond motifs is 1. The van der Waals surface area contributed by atoms with Gasteiger partial charge in [0.2, 0.25) is 0 Å². The summed E-state index contributed by atoms with van der Waals surface area (Å²) in [6, 6.07) is 4.97. The number of H-pyrrole nitrogens is 1. The van der Waals surface area contributed by atoms with Gasteiger partial charge >= 0.3 is 5.69 Å². The van der Waals surface area contributed by atoms with Crippen LogP contribution in [0.25, 0.3) is 10.9 Å². The van der Waals surface area contributed by atoms with E-state index in [1.807, 2.05) is 0 Å². The van der Waals surface area contributed by atoms with Crippen LogP contribution in [0.3, 0.4) is 0 Å². The molecule has 3 rings (SSSR count). The quantitative estimate of drug-likeness (QED) is 0.842. The number of hydrogen-bond donors (Lipinski definition) is 1. The van der Waals surface area contributed by atoms with Crippen LogP contribution in [0, 0.1) is 0 Å². The summed E-state index contributed by atoms with van der Waals surface area (Å²) >= 11 is 5.87. The molecule has 1 heterocycles. The fraction of sp³-hybridized carbons (Fsp3) is 0.333. The minimum absolute atomic E-state index is 0.0506. The first-order valence-electron chi connectivity index (χ1n) is 5.61. The molecule has 1 aromatic heterocycles. The molecule has 88 valence electrons. The van der Waals surface area contributed by atoms with Crippen LogP contribution in [0.2, 0.25) is 5.02 Å². The largest absolute Gasteiger partial charge is 0.329 e. The van der Waals surface area contributed by atoms with Gasteiger partial charge in [-0.25, -0.2) is 4.79 Å². The van der Waals surface area contributed by atoms with Crippen LogP contribution in [0.4, 0.5) is 0 Å². The monoisotopic (exact) mass is 250 g/mol. The molecule has 0 spiro atoms. The van der Waals surface area contributed by atoms with Gasteiger partial charge in [0.25, 0.3) is 5.56 Å². The molecule has 1 saturated carbocycles. The molecule has 0 atom stereocenters. The van der Waals surface area contributed by atoms with Gasteiger partial charge in [0.05, 0.1) is 10.9 Å². The van der Waals surface area contributed by atoms with Gasteiger partial charge < -0.3 is 4.98 Å². The molecule has 5 heteroatoms. The Morgan fingerprint density at radius 3 is 2.71 bits per heavy atom. The smallest absolute Gasteiger partial charge is 0.307 e. The molecule has 0 radical (unpaired) electrons. The molecule has 0 saturated heterocycles. The highest BCUT2D eigenvalue weighted by molar-refractivity contribution is 6.31. The summed E-state index contributed by atoms with van der Waals surface area (Å²) in [7, 11) is 0. The molecule has 0 bridgehead atoms. The second-order valence-corrected chi connectivity index (χ2v) is 4.82. The lowest BCUT2D eigenvalue weighted by atomic mass is 9.93. The molecule has 0 unspecified atom stereocenters. The van der Waals surface area contributed by atoms with E-state index in [2.05, 4.69) is 4.98 Å². The van der Waals surface area contributed by atoms with Gasteiger partial charge in [-0.2, -0.15) is 0 Å². The fourth-order valence-corrected chi connectivity index (χ4v) is 2.35. The molecule has 1 fully saturated rings. The lowest BCUT2D eigenvalue weighted by Gasteiger charge is -2.26. The number of benzene rings is 1. The van der Waals surface area contributed by atoms with Crippen LogP contribution >= 0.6 is 11.6 Å². The molecule has 2 aromatic rings. The van der Waals surface area contributed by atoms with Crippen LogP contribution in [-0.4, -0.2) is 9.55 Å². The minimum Gasteiger partial charge on any atom is -0.307 e. The zero-order valence-electron chi connectivity index (χ0n) is 9.07. The van der Waals surface area contributed by atoms with E-state index in [0.29, 0.717) is 15.9 Å². The van der Waals surface area contributed by atoms with Crippen molar-refractivity contribution in [2.75, 3.05) is 0 Å². The van der Waals surface area contributed by atoms with Crippen molar-refractivity contribution in [2.24, 2.45) is 0 Å². The average Bonchev–Trinajstić information content (AvgIpc) is 2.23. The summed E-state index contributed by atoms with van der Waals surface area (Å²) < 4.78 is 1.32. The Balaban J connectivity index is 2.36. The first kappa shape index (κ1) is 10.6. The third kappa shape index (κ3) is 1.60. The van der Waals surface area contributed by atoms with Crippen molar-refractivity contribution in [1.29, 1.82) is 0 Å². The number of nitrogens with zero attached hydrogens (tertiary/aromatic N) is 1. The second-order valence-electron chi connectivity index (χ2n) is 4.38. The summed E-state index contributed by atoms with van der Waals surface area (Å²) in [5, 5.41) is 0.978. The highest BCUT2D eigenvalue weighted by Crippen LogP contribution is 2.29. The standard InChI is InChI=1S/C12H11ClN2O2/c13-7-4-5-10-9(6-7)11(16)15(12(17)14-10)8-2-1-3-8/h4-6,8H,1-3H2,(H,14,17). The molecule has 0 aliphatic heterocycles. The van der Waals surface area contributed by atoms with Crippen molar-refractivity contribution in [3.05, 3.63) is 44.1 Å². The third-order valence-electron chi connectivity index (χ3n) is 3.33. The Morgan fingerprint density at radius 1 is 1.29 bits per heavy atom. The maximum Gasteiger partial charge on any atom is 0.329 e. The lowest BCUT2D eigenvalue weighted by Crippen LogP contribution is -2.40. The Bertz CT molecular complexity index is 698. The molecule has 1 aliphatic carbocycles. The fourth-order valence-electron chi connectivity index (χ4n) is 2.18. The van der Waals surface area contributed by atoms with Gasteiger partial charge in [-0.3, -0.25) is 9.36 Å². The third-order valence-corrected chi connectivity index (χ3v) is 3.57. The zero-order valence-corrected chi connectivity index (χ0v) is 9.83. The predicted octanol–water partition coefficient (Wildman–Crippen LogP) is 2.07. The van der Waals surface area contributed by atoms with Gasteiger partial charge in [-0.1, -0.05) is 11.6 Å². The second kappa shape index (κ2) is 3.74. The summed E-state index contributed by atoms with van der Waals surface area (Å²) in [5.41, 5.74) is -0.0227. The Labute approximate surface area is 102 Å². The van der Waals surface area contributed by atoms with Gasteiger partial charge in [0.15, 0.2) is 0 Å². The molecular weight excluding hydrogens is 240 g/mol. The van der Waals surface area contributed by atoms with Crippen LogP contribution in [0.1, 0.15) is 25.3 Å². The number of rotatable bonds is 1. The highest BCUT2D eigenvalue weighted by Gasteiger charge is 2.23. The first-order chi connectivity index (χ1) is 8.16. The number of aromatic amines is 1. The minimum atomic E-state index is -0.325. The Hall–Kier alpha value is -1.55. The van der Waals surface area contributed by atoms with E-state index in [4.69, 9.17) is 11.6 Å². The van der Waals surface area contributed by atoms with Crippen molar-refractivity contribution >= 4 is 22.5 Å². The van der Waals surface area contributed by atoms with Crippen molar-refractivity contribution in [3.8, 4) is 0 Å². The van der Waals surface area contributed by atoms with Gasteiger partial charge in [-0.05, 0) is 37.5 Å². The van der Waals surface area contributed by atoms with Crippen molar-refractivity contribution in [1.82, 2.24) is 9.55 Å². The molecular formula is C12H11ClN2O2. The first-order valence-corrected chi connectivity index (χ1v) is 5.99. The average molecular weight is 251 g/mol. The molecule has 1 N–H and O–H groups in total. The molecule has 1 aliphatic rings. The van der Waals surface area contributed by atoms with Crippen LogP contribution in [-0.2, 0) is 0 Å². The van der Waals surface area contributed by atoms with Crippen LogP contribution in [0.5, 0.6) is 0 Å². The Morgan fingerprint density at radius 2 is 2.06 bits per heavy atom. The van der Waals surface area contributed by atoms with Crippen molar-refractivity contribution in [3.63, 3.8) is 0 Å².